The van der Waals surface area contributed by atoms with Crippen molar-refractivity contribution in [3.8, 4) is 0 Å². The minimum atomic E-state index is -1.09. The maximum atomic E-state index is 12.3. The molecule has 2 aromatic rings. The molecule has 0 aromatic heterocycles. The van der Waals surface area contributed by atoms with Gasteiger partial charge in [0, 0.05) is 3.57 Å². The van der Waals surface area contributed by atoms with Crippen molar-refractivity contribution in [2.24, 2.45) is 0 Å². The van der Waals surface area contributed by atoms with Gasteiger partial charge in [0.1, 0.15) is 0 Å². The third-order valence-corrected chi connectivity index (χ3v) is 4.52. The van der Waals surface area contributed by atoms with Crippen LogP contribution in [0.4, 0.5) is 0 Å². The molecule has 2 aromatic carbocycles. The first-order valence-corrected chi connectivity index (χ1v) is 7.42. The van der Waals surface area contributed by atoms with Gasteiger partial charge < -0.3 is 10.4 Å². The zero-order valence-electron chi connectivity index (χ0n) is 11.3. The van der Waals surface area contributed by atoms with Gasteiger partial charge in [0.25, 0.3) is 5.91 Å². The molecule has 0 fully saturated rings. The van der Waals surface area contributed by atoms with Crippen LogP contribution in [0, 0.1) is 10.5 Å². The molecule has 1 unspecified atom stereocenters. The summed E-state index contributed by atoms with van der Waals surface area (Å²) in [5.74, 6) is -1.48. The van der Waals surface area contributed by atoms with Crippen molar-refractivity contribution in [2.75, 3.05) is 0 Å². The van der Waals surface area contributed by atoms with Gasteiger partial charge in [-0.05, 0) is 46.7 Å². The van der Waals surface area contributed by atoms with Crippen LogP contribution in [0.1, 0.15) is 27.5 Å². The van der Waals surface area contributed by atoms with E-state index in [0.717, 1.165) is 9.13 Å². The van der Waals surface area contributed by atoms with E-state index in [9.17, 15) is 14.7 Å². The monoisotopic (exact) mass is 395 g/mol. The van der Waals surface area contributed by atoms with Crippen LogP contribution in [-0.2, 0) is 4.79 Å². The summed E-state index contributed by atoms with van der Waals surface area (Å²) < 4.78 is 0.824. The zero-order chi connectivity index (χ0) is 15.4. The third-order valence-electron chi connectivity index (χ3n) is 3.09. The quantitative estimate of drug-likeness (QED) is 0.782. The number of carboxylic acids is 1. The molecule has 0 aliphatic carbocycles. The Morgan fingerprint density at radius 2 is 1.76 bits per heavy atom. The lowest BCUT2D eigenvalue weighted by molar-refractivity contribution is -0.139. The Kier molecular flexibility index (Phi) is 4.95. The fourth-order valence-corrected chi connectivity index (χ4v) is 2.57. The Balaban J connectivity index is 2.28. The standard InChI is InChI=1S/C16H14INO3/c1-10-6-5-9-12(13(10)17)15(19)18-14(16(20)21)11-7-3-2-4-8-11/h2-9,14H,1H3,(H,18,19)(H,20,21). The summed E-state index contributed by atoms with van der Waals surface area (Å²) in [7, 11) is 0. The lowest BCUT2D eigenvalue weighted by atomic mass is 10.1. The van der Waals surface area contributed by atoms with Crippen LogP contribution >= 0.6 is 22.6 Å². The molecule has 0 aliphatic heterocycles. The van der Waals surface area contributed by atoms with Crippen LogP contribution < -0.4 is 5.32 Å². The summed E-state index contributed by atoms with van der Waals surface area (Å²) in [6.07, 6.45) is 0. The second kappa shape index (κ2) is 6.71. The highest BCUT2D eigenvalue weighted by Gasteiger charge is 2.23. The average molecular weight is 395 g/mol. The molecule has 21 heavy (non-hydrogen) atoms. The Labute approximate surface area is 136 Å². The summed E-state index contributed by atoms with van der Waals surface area (Å²) >= 11 is 2.09. The van der Waals surface area contributed by atoms with Crippen molar-refractivity contribution in [3.05, 3.63) is 68.8 Å². The van der Waals surface area contributed by atoms with E-state index < -0.39 is 12.0 Å². The van der Waals surface area contributed by atoms with Gasteiger partial charge in [-0.3, -0.25) is 4.79 Å². The van der Waals surface area contributed by atoms with Gasteiger partial charge in [-0.2, -0.15) is 0 Å². The first-order chi connectivity index (χ1) is 10.0. The molecule has 5 heteroatoms. The Bertz CT molecular complexity index is 670. The first-order valence-electron chi connectivity index (χ1n) is 6.34. The van der Waals surface area contributed by atoms with E-state index in [-0.39, 0.29) is 5.91 Å². The van der Waals surface area contributed by atoms with Gasteiger partial charge in [-0.15, -0.1) is 0 Å². The molecule has 0 bridgehead atoms. The SMILES string of the molecule is Cc1cccc(C(=O)NC(C(=O)O)c2ccccc2)c1I. The molecule has 1 atom stereocenters. The molecule has 0 spiro atoms. The van der Waals surface area contributed by atoms with Crippen LogP contribution in [0.5, 0.6) is 0 Å². The van der Waals surface area contributed by atoms with Gasteiger partial charge >= 0.3 is 5.97 Å². The second-order valence-electron chi connectivity index (χ2n) is 4.59. The predicted octanol–water partition coefficient (Wildman–Crippen LogP) is 3.16. The Morgan fingerprint density at radius 1 is 1.10 bits per heavy atom. The molecule has 0 radical (unpaired) electrons. The molecule has 2 rings (SSSR count). The molecule has 0 saturated carbocycles. The number of nitrogens with one attached hydrogen (secondary N) is 1. The summed E-state index contributed by atoms with van der Waals surface area (Å²) in [6.45, 7) is 1.91. The summed E-state index contributed by atoms with van der Waals surface area (Å²) in [5, 5.41) is 11.9. The number of halogens is 1. The number of carboxylic acid groups (broad SMARTS) is 1. The van der Waals surface area contributed by atoms with Gasteiger partial charge in [0.05, 0.1) is 5.56 Å². The minimum absolute atomic E-state index is 0.389. The third kappa shape index (κ3) is 3.60. The van der Waals surface area contributed by atoms with Crippen molar-refractivity contribution in [1.29, 1.82) is 0 Å². The first kappa shape index (κ1) is 15.5. The summed E-state index contributed by atoms with van der Waals surface area (Å²) in [4.78, 5) is 23.7. The fraction of sp³-hybridized carbons (Fsp3) is 0.125. The van der Waals surface area contributed by atoms with Crippen molar-refractivity contribution in [1.82, 2.24) is 5.32 Å². The van der Waals surface area contributed by atoms with E-state index >= 15 is 0 Å². The number of carbonyl (C=O) groups excluding carboxylic acids is 1. The number of rotatable bonds is 4. The van der Waals surface area contributed by atoms with Crippen molar-refractivity contribution in [2.45, 2.75) is 13.0 Å². The molecule has 4 nitrogen and oxygen atoms in total. The number of hydrogen-bond donors (Lipinski definition) is 2. The lowest BCUT2D eigenvalue weighted by Crippen LogP contribution is -2.34. The lowest BCUT2D eigenvalue weighted by Gasteiger charge is -2.16. The molecule has 2 N–H and O–H groups in total. The van der Waals surface area contributed by atoms with Crippen LogP contribution in [0.2, 0.25) is 0 Å². The highest BCUT2D eigenvalue weighted by Crippen LogP contribution is 2.19. The van der Waals surface area contributed by atoms with E-state index in [1.165, 1.54) is 0 Å². The summed E-state index contributed by atoms with van der Waals surface area (Å²) in [5.41, 5.74) is 2.01. The number of aryl methyl sites for hydroxylation is 1. The van der Waals surface area contributed by atoms with Gasteiger partial charge in [0.2, 0.25) is 0 Å². The predicted molar refractivity (Wildman–Crippen MR) is 88.2 cm³/mol. The van der Waals surface area contributed by atoms with E-state index in [2.05, 4.69) is 27.9 Å². The van der Waals surface area contributed by atoms with Crippen molar-refractivity contribution < 1.29 is 14.7 Å². The molecular formula is C16H14INO3. The molecule has 0 saturated heterocycles. The highest BCUT2D eigenvalue weighted by atomic mass is 127. The van der Waals surface area contributed by atoms with E-state index in [0.29, 0.717) is 11.1 Å². The zero-order valence-corrected chi connectivity index (χ0v) is 13.5. The molecule has 1 amide bonds. The number of hydrogen-bond acceptors (Lipinski definition) is 2. The van der Waals surface area contributed by atoms with Crippen LogP contribution in [0.25, 0.3) is 0 Å². The molecule has 0 aliphatic rings. The highest BCUT2D eigenvalue weighted by molar-refractivity contribution is 14.1. The van der Waals surface area contributed by atoms with Crippen LogP contribution in [0.3, 0.4) is 0 Å². The van der Waals surface area contributed by atoms with Crippen molar-refractivity contribution in [3.63, 3.8) is 0 Å². The molecular weight excluding hydrogens is 381 g/mol. The van der Waals surface area contributed by atoms with E-state index in [4.69, 9.17) is 0 Å². The number of carbonyl (C=O) groups is 2. The number of aliphatic carboxylic acids is 1. The Morgan fingerprint density at radius 3 is 2.38 bits per heavy atom. The maximum absolute atomic E-state index is 12.3. The van der Waals surface area contributed by atoms with E-state index in [1.54, 1.807) is 42.5 Å². The topological polar surface area (TPSA) is 66.4 Å². The van der Waals surface area contributed by atoms with Crippen LogP contribution in [0.15, 0.2) is 48.5 Å². The Hall–Kier alpha value is -1.89. The maximum Gasteiger partial charge on any atom is 0.330 e. The summed E-state index contributed by atoms with van der Waals surface area (Å²) in [6, 6.07) is 13.0. The number of amides is 1. The normalized spacial score (nSPS) is 11.7. The minimum Gasteiger partial charge on any atom is -0.479 e. The van der Waals surface area contributed by atoms with E-state index in [1.807, 2.05) is 13.0 Å². The average Bonchev–Trinajstić information content (AvgIpc) is 2.48. The smallest absolute Gasteiger partial charge is 0.330 e. The number of benzene rings is 2. The van der Waals surface area contributed by atoms with Gasteiger partial charge in [0.15, 0.2) is 6.04 Å². The largest absolute Gasteiger partial charge is 0.479 e. The fourth-order valence-electron chi connectivity index (χ4n) is 1.96. The molecule has 108 valence electrons. The van der Waals surface area contributed by atoms with Gasteiger partial charge in [-0.25, -0.2) is 4.79 Å². The van der Waals surface area contributed by atoms with Gasteiger partial charge in [-0.1, -0.05) is 42.5 Å². The van der Waals surface area contributed by atoms with Crippen LogP contribution in [-0.4, -0.2) is 17.0 Å². The second-order valence-corrected chi connectivity index (χ2v) is 5.67. The van der Waals surface area contributed by atoms with Crippen molar-refractivity contribution >= 4 is 34.5 Å². The molecule has 0 heterocycles.